The van der Waals surface area contributed by atoms with E-state index >= 15 is 0 Å². The molecule has 2 aliphatic heterocycles. The van der Waals surface area contributed by atoms with E-state index in [1.54, 1.807) is 47.4 Å². The van der Waals surface area contributed by atoms with Gasteiger partial charge in [0.15, 0.2) is 6.61 Å². The number of nitrogens with zero attached hydrogens (tertiary/aromatic N) is 2. The number of carbonyl (C=O) groups is 3. The summed E-state index contributed by atoms with van der Waals surface area (Å²) in [6, 6.07) is 14.2. The van der Waals surface area contributed by atoms with Gasteiger partial charge in [0, 0.05) is 42.1 Å². The number of carbonyl (C=O) groups excluding carboxylic acids is 3. The predicted molar refractivity (Wildman–Crippen MR) is 127 cm³/mol. The lowest BCUT2D eigenvalue weighted by molar-refractivity contribution is -0.139. The summed E-state index contributed by atoms with van der Waals surface area (Å²) in [4.78, 5) is 40.7. The molecule has 2 saturated heterocycles. The topological polar surface area (TPSA) is 91.0 Å². The number of nitrogens with one attached hydrogen (secondary N) is 2. The molecule has 2 unspecified atom stereocenters. The van der Waals surface area contributed by atoms with Crippen LogP contribution >= 0.6 is 0 Å². The molecule has 8 heteroatoms. The standard InChI is InChI=1S/C25H30N4O4/c1-17-5-3-6-18(2)29(17)23(30)16-33-22-11-9-19(10-12-22)24(31)27-20-7-4-8-21(15-20)28-14-13-26-25(28)32/h4,7-12,15,17-18H,3,5-6,13-14,16H2,1-2H3,(H,26,32)(H,27,31). The first-order valence-corrected chi connectivity index (χ1v) is 11.4. The van der Waals surface area contributed by atoms with E-state index < -0.39 is 0 Å². The van der Waals surface area contributed by atoms with Crippen LogP contribution in [0.2, 0.25) is 0 Å². The molecular weight excluding hydrogens is 420 g/mol. The lowest BCUT2D eigenvalue weighted by atomic mass is 9.97. The van der Waals surface area contributed by atoms with Crippen LogP contribution in [0, 0.1) is 0 Å². The number of urea groups is 1. The van der Waals surface area contributed by atoms with Gasteiger partial charge in [-0.2, -0.15) is 0 Å². The molecule has 0 aliphatic carbocycles. The van der Waals surface area contributed by atoms with E-state index in [0.29, 0.717) is 30.1 Å². The molecule has 2 N–H and O–H groups in total. The van der Waals surface area contributed by atoms with Crippen molar-refractivity contribution in [2.45, 2.75) is 45.2 Å². The molecule has 8 nitrogen and oxygen atoms in total. The average Bonchev–Trinajstić information content (AvgIpc) is 3.24. The Morgan fingerprint density at radius 2 is 1.82 bits per heavy atom. The van der Waals surface area contributed by atoms with Crippen LogP contribution in [0.1, 0.15) is 43.5 Å². The smallest absolute Gasteiger partial charge is 0.321 e. The van der Waals surface area contributed by atoms with Gasteiger partial charge in [-0.25, -0.2) is 4.79 Å². The maximum absolute atomic E-state index is 12.7. The Kier molecular flexibility index (Phi) is 6.82. The maximum Gasteiger partial charge on any atom is 0.321 e. The highest BCUT2D eigenvalue weighted by Crippen LogP contribution is 2.24. The van der Waals surface area contributed by atoms with Gasteiger partial charge in [-0.3, -0.25) is 14.5 Å². The number of benzene rings is 2. The average molecular weight is 451 g/mol. The number of anilines is 2. The number of likely N-dealkylation sites (tertiary alicyclic amines) is 1. The van der Waals surface area contributed by atoms with E-state index in [-0.39, 0.29) is 36.5 Å². The first-order valence-electron chi connectivity index (χ1n) is 11.4. The van der Waals surface area contributed by atoms with Crippen LogP contribution in [0.3, 0.4) is 0 Å². The zero-order chi connectivity index (χ0) is 23.4. The molecule has 0 bridgehead atoms. The number of amides is 4. The Labute approximate surface area is 193 Å². The van der Waals surface area contributed by atoms with E-state index in [4.69, 9.17) is 4.74 Å². The van der Waals surface area contributed by atoms with E-state index in [2.05, 4.69) is 24.5 Å². The van der Waals surface area contributed by atoms with Gasteiger partial charge >= 0.3 is 6.03 Å². The quantitative estimate of drug-likeness (QED) is 0.703. The van der Waals surface area contributed by atoms with Crippen molar-refractivity contribution in [1.82, 2.24) is 10.2 Å². The van der Waals surface area contributed by atoms with Crippen LogP contribution in [0.15, 0.2) is 48.5 Å². The fraction of sp³-hybridized carbons (Fsp3) is 0.400. The van der Waals surface area contributed by atoms with E-state index in [0.717, 1.165) is 24.9 Å². The van der Waals surface area contributed by atoms with E-state index in [1.807, 2.05) is 11.0 Å². The summed E-state index contributed by atoms with van der Waals surface area (Å²) in [5.41, 5.74) is 1.80. The normalized spacial score (nSPS) is 20.4. The summed E-state index contributed by atoms with van der Waals surface area (Å²) >= 11 is 0. The number of hydrogen-bond donors (Lipinski definition) is 2. The summed E-state index contributed by atoms with van der Waals surface area (Å²) in [6.07, 6.45) is 3.19. The van der Waals surface area contributed by atoms with Crippen LogP contribution in [-0.4, -0.2) is 54.5 Å². The fourth-order valence-electron chi connectivity index (χ4n) is 4.51. The largest absolute Gasteiger partial charge is 0.484 e. The van der Waals surface area contributed by atoms with Gasteiger partial charge in [0.2, 0.25) is 0 Å². The molecule has 2 heterocycles. The predicted octanol–water partition coefficient (Wildman–Crippen LogP) is 3.64. The molecule has 0 radical (unpaired) electrons. The molecule has 2 fully saturated rings. The molecule has 33 heavy (non-hydrogen) atoms. The van der Waals surface area contributed by atoms with Gasteiger partial charge in [-0.1, -0.05) is 6.07 Å². The Hall–Kier alpha value is -3.55. The maximum atomic E-state index is 12.7. The van der Waals surface area contributed by atoms with Gasteiger partial charge in [0.25, 0.3) is 11.8 Å². The monoisotopic (exact) mass is 450 g/mol. The third kappa shape index (κ3) is 5.27. The second-order valence-corrected chi connectivity index (χ2v) is 8.63. The van der Waals surface area contributed by atoms with Gasteiger partial charge < -0.3 is 20.3 Å². The third-order valence-electron chi connectivity index (χ3n) is 6.23. The second-order valence-electron chi connectivity index (χ2n) is 8.63. The molecule has 0 spiro atoms. The molecule has 0 aromatic heterocycles. The zero-order valence-electron chi connectivity index (χ0n) is 19.0. The van der Waals surface area contributed by atoms with Crippen LogP contribution in [0.25, 0.3) is 0 Å². The van der Waals surface area contributed by atoms with Crippen molar-refractivity contribution in [3.8, 4) is 5.75 Å². The first kappa shape index (κ1) is 22.6. The number of piperidine rings is 1. The van der Waals surface area contributed by atoms with Gasteiger partial charge in [0.1, 0.15) is 5.75 Å². The first-order chi connectivity index (χ1) is 15.9. The van der Waals surface area contributed by atoms with Crippen molar-refractivity contribution >= 4 is 29.2 Å². The fourth-order valence-corrected chi connectivity index (χ4v) is 4.51. The molecule has 4 amide bonds. The number of hydrogen-bond acceptors (Lipinski definition) is 4. The summed E-state index contributed by atoms with van der Waals surface area (Å²) in [6.45, 7) is 5.34. The number of ether oxygens (including phenoxy) is 1. The minimum atomic E-state index is -0.267. The molecule has 174 valence electrons. The van der Waals surface area contributed by atoms with Crippen molar-refractivity contribution in [2.75, 3.05) is 29.9 Å². The summed E-state index contributed by atoms with van der Waals surface area (Å²) in [5, 5.41) is 5.62. The Morgan fingerprint density at radius 3 is 2.48 bits per heavy atom. The summed E-state index contributed by atoms with van der Waals surface area (Å²) < 4.78 is 5.69. The highest BCUT2D eigenvalue weighted by molar-refractivity contribution is 6.05. The van der Waals surface area contributed by atoms with Crippen LogP contribution < -0.4 is 20.3 Å². The minimum absolute atomic E-state index is 0.0110. The molecule has 2 atom stereocenters. The molecule has 2 aromatic carbocycles. The van der Waals surface area contributed by atoms with Crippen LogP contribution in [0.4, 0.5) is 16.2 Å². The summed E-state index contributed by atoms with van der Waals surface area (Å²) in [5.74, 6) is 0.263. The second kappa shape index (κ2) is 9.94. The molecule has 2 aromatic rings. The Morgan fingerprint density at radius 1 is 1.09 bits per heavy atom. The molecule has 2 aliphatic rings. The molecular formula is C25H30N4O4. The van der Waals surface area contributed by atoms with E-state index in [9.17, 15) is 14.4 Å². The lowest BCUT2D eigenvalue weighted by Crippen LogP contribution is -2.49. The van der Waals surface area contributed by atoms with Crippen molar-refractivity contribution < 1.29 is 19.1 Å². The number of rotatable bonds is 6. The molecule has 0 saturated carbocycles. The SMILES string of the molecule is CC1CCCC(C)N1C(=O)COc1ccc(C(=O)Nc2cccc(N3CCNC3=O)c2)cc1. The zero-order valence-corrected chi connectivity index (χ0v) is 19.0. The van der Waals surface area contributed by atoms with Gasteiger partial charge in [-0.05, 0) is 75.6 Å². The van der Waals surface area contributed by atoms with Crippen molar-refractivity contribution in [3.63, 3.8) is 0 Å². The van der Waals surface area contributed by atoms with Crippen LogP contribution in [0.5, 0.6) is 5.75 Å². The third-order valence-corrected chi connectivity index (χ3v) is 6.23. The highest BCUT2D eigenvalue weighted by Gasteiger charge is 2.29. The van der Waals surface area contributed by atoms with Crippen molar-refractivity contribution in [2.24, 2.45) is 0 Å². The summed E-state index contributed by atoms with van der Waals surface area (Å²) in [7, 11) is 0. The van der Waals surface area contributed by atoms with Crippen molar-refractivity contribution in [1.29, 1.82) is 0 Å². The lowest BCUT2D eigenvalue weighted by Gasteiger charge is -2.38. The van der Waals surface area contributed by atoms with Gasteiger partial charge in [-0.15, -0.1) is 0 Å². The Balaban J connectivity index is 1.33. The molecule has 4 rings (SSSR count). The van der Waals surface area contributed by atoms with E-state index in [1.165, 1.54) is 0 Å². The minimum Gasteiger partial charge on any atom is -0.484 e. The highest BCUT2D eigenvalue weighted by atomic mass is 16.5. The van der Waals surface area contributed by atoms with Crippen molar-refractivity contribution in [3.05, 3.63) is 54.1 Å². The Bertz CT molecular complexity index is 1010. The van der Waals surface area contributed by atoms with Gasteiger partial charge in [0.05, 0.1) is 0 Å². The van der Waals surface area contributed by atoms with Crippen LogP contribution in [-0.2, 0) is 4.79 Å².